The van der Waals surface area contributed by atoms with Gasteiger partial charge in [-0.25, -0.2) is 9.18 Å². The molecule has 7 heteroatoms. The van der Waals surface area contributed by atoms with Gasteiger partial charge in [0.05, 0.1) is 12.2 Å². The minimum atomic E-state index is -1.09. The smallest absolute Gasteiger partial charge is 0.326 e. The number of carboxylic acids is 1. The number of rotatable bonds is 7. The first-order valence-electron chi connectivity index (χ1n) is 13.0. The molecule has 2 heterocycles. The molecule has 1 saturated heterocycles. The summed E-state index contributed by atoms with van der Waals surface area (Å²) < 4.78 is 26.3. The third-order valence-corrected chi connectivity index (χ3v) is 7.61. The predicted octanol–water partition coefficient (Wildman–Crippen LogP) is 5.50. The van der Waals surface area contributed by atoms with E-state index in [1.807, 2.05) is 30.3 Å². The highest BCUT2D eigenvalue weighted by Crippen LogP contribution is 2.51. The van der Waals surface area contributed by atoms with Gasteiger partial charge in [-0.05, 0) is 74.6 Å². The van der Waals surface area contributed by atoms with Crippen molar-refractivity contribution >= 4 is 11.9 Å². The summed E-state index contributed by atoms with van der Waals surface area (Å²) in [6.45, 7) is 4.11. The minimum absolute atomic E-state index is 0.0526. The van der Waals surface area contributed by atoms with Gasteiger partial charge in [0.25, 0.3) is 5.91 Å². The average Bonchev–Trinajstić information content (AvgIpc) is 2.89. The molecule has 1 fully saturated rings. The molecule has 2 aliphatic heterocycles. The van der Waals surface area contributed by atoms with Crippen LogP contribution in [0, 0.1) is 11.7 Å². The lowest BCUT2D eigenvalue weighted by Gasteiger charge is -2.49. The quantitative estimate of drug-likeness (QED) is 0.432. The molecule has 0 aromatic heterocycles. The van der Waals surface area contributed by atoms with E-state index in [0.29, 0.717) is 17.7 Å². The van der Waals surface area contributed by atoms with Crippen molar-refractivity contribution in [3.05, 3.63) is 101 Å². The summed E-state index contributed by atoms with van der Waals surface area (Å²) in [7, 11) is 0. The van der Waals surface area contributed by atoms with Gasteiger partial charge < -0.3 is 19.9 Å². The maximum Gasteiger partial charge on any atom is 0.326 e. The number of carboxylic acid groups (broad SMARTS) is 1. The third kappa shape index (κ3) is 5.58. The van der Waals surface area contributed by atoms with Gasteiger partial charge >= 0.3 is 5.97 Å². The van der Waals surface area contributed by atoms with Crippen LogP contribution < -0.4 is 10.1 Å². The maximum atomic E-state index is 13.4. The first-order chi connectivity index (χ1) is 18.2. The molecular formula is C31H32FNO5. The number of benzene rings is 3. The standard InChI is InChI=1S/C31H32FNO5/c1-31(2)25-14-13-23(16-20-8-11-22(32)12-9-20)37-28(25)24-18-21(10-15-27(24)38-31)29(34)33-26(30(35)36)17-19-6-4-3-5-7-19/h3-12,15,18,23,25-26,28H,13-14,16-17H2,1-2H3,(H,33,34)(H,35,36)/t23-,25+,26-,28-/m0/s1. The fourth-order valence-corrected chi connectivity index (χ4v) is 5.58. The highest BCUT2D eigenvalue weighted by molar-refractivity contribution is 5.97. The van der Waals surface area contributed by atoms with E-state index in [9.17, 15) is 19.1 Å². The van der Waals surface area contributed by atoms with E-state index < -0.39 is 23.5 Å². The second-order valence-electron chi connectivity index (χ2n) is 10.7. The van der Waals surface area contributed by atoms with E-state index in [-0.39, 0.29) is 30.4 Å². The average molecular weight is 518 g/mol. The Hall–Kier alpha value is -3.71. The van der Waals surface area contributed by atoms with Crippen molar-refractivity contribution in [3.8, 4) is 5.75 Å². The zero-order valence-corrected chi connectivity index (χ0v) is 21.5. The molecule has 2 N–H and O–H groups in total. The largest absolute Gasteiger partial charge is 0.487 e. The number of amides is 1. The van der Waals surface area contributed by atoms with Crippen molar-refractivity contribution in [2.24, 2.45) is 5.92 Å². The van der Waals surface area contributed by atoms with Crippen LogP contribution in [-0.4, -0.2) is 34.7 Å². The zero-order valence-electron chi connectivity index (χ0n) is 21.5. The van der Waals surface area contributed by atoms with Crippen LogP contribution in [0.25, 0.3) is 0 Å². The highest BCUT2D eigenvalue weighted by atomic mass is 19.1. The molecule has 1 amide bonds. The van der Waals surface area contributed by atoms with Gasteiger partial charge in [0.15, 0.2) is 0 Å². The van der Waals surface area contributed by atoms with E-state index in [4.69, 9.17) is 9.47 Å². The second-order valence-corrected chi connectivity index (χ2v) is 10.7. The van der Waals surface area contributed by atoms with Gasteiger partial charge in [0.2, 0.25) is 0 Å². The lowest BCUT2D eigenvalue weighted by atomic mass is 9.74. The van der Waals surface area contributed by atoms with Gasteiger partial charge in [-0.2, -0.15) is 0 Å². The Morgan fingerprint density at radius 3 is 2.47 bits per heavy atom. The normalized spacial score (nSPS) is 22.3. The Balaban J connectivity index is 1.36. The zero-order chi connectivity index (χ0) is 26.9. The van der Waals surface area contributed by atoms with E-state index in [2.05, 4.69) is 19.2 Å². The number of carbonyl (C=O) groups excluding carboxylic acids is 1. The summed E-state index contributed by atoms with van der Waals surface area (Å²) in [6.07, 6.45) is 2.25. The number of carbonyl (C=O) groups is 2. The van der Waals surface area contributed by atoms with Crippen LogP contribution in [0.5, 0.6) is 5.75 Å². The molecule has 38 heavy (non-hydrogen) atoms. The monoisotopic (exact) mass is 517 g/mol. The van der Waals surface area contributed by atoms with Crippen molar-refractivity contribution < 1.29 is 28.6 Å². The fraction of sp³-hybridized carbons (Fsp3) is 0.355. The van der Waals surface area contributed by atoms with Crippen molar-refractivity contribution in [2.75, 3.05) is 0 Å². The summed E-state index contributed by atoms with van der Waals surface area (Å²) in [5.74, 6) is -1.07. The van der Waals surface area contributed by atoms with Gasteiger partial charge in [0.1, 0.15) is 23.2 Å². The Morgan fingerprint density at radius 2 is 1.76 bits per heavy atom. The van der Waals surface area contributed by atoms with Crippen LogP contribution in [0.2, 0.25) is 0 Å². The minimum Gasteiger partial charge on any atom is -0.487 e. The molecule has 0 spiro atoms. The molecule has 3 aromatic carbocycles. The van der Waals surface area contributed by atoms with Crippen molar-refractivity contribution in [1.82, 2.24) is 5.32 Å². The van der Waals surface area contributed by atoms with Crippen molar-refractivity contribution in [2.45, 2.75) is 63.4 Å². The molecule has 3 aromatic rings. The van der Waals surface area contributed by atoms with E-state index >= 15 is 0 Å². The molecule has 4 atom stereocenters. The fourth-order valence-electron chi connectivity index (χ4n) is 5.58. The molecule has 0 bridgehead atoms. The second kappa shape index (κ2) is 10.6. The molecule has 0 aliphatic carbocycles. The summed E-state index contributed by atoms with van der Waals surface area (Å²) in [5.41, 5.74) is 2.53. The number of hydrogen-bond acceptors (Lipinski definition) is 4. The Labute approximate surface area is 221 Å². The Morgan fingerprint density at radius 1 is 1.03 bits per heavy atom. The first kappa shape index (κ1) is 25.9. The molecule has 0 radical (unpaired) electrons. The Kier molecular flexibility index (Phi) is 7.21. The molecule has 5 rings (SSSR count). The number of aliphatic carboxylic acids is 1. The maximum absolute atomic E-state index is 13.4. The summed E-state index contributed by atoms with van der Waals surface area (Å²) in [5, 5.41) is 12.4. The van der Waals surface area contributed by atoms with Crippen LogP contribution in [0.15, 0.2) is 72.8 Å². The topological polar surface area (TPSA) is 84.9 Å². The highest BCUT2D eigenvalue weighted by Gasteiger charge is 2.47. The molecule has 198 valence electrons. The number of halogens is 1. The molecular weight excluding hydrogens is 485 g/mol. The first-order valence-corrected chi connectivity index (χ1v) is 13.0. The lowest BCUT2D eigenvalue weighted by molar-refractivity contribution is -0.149. The lowest BCUT2D eigenvalue weighted by Crippen LogP contribution is -2.49. The van der Waals surface area contributed by atoms with Crippen LogP contribution in [0.3, 0.4) is 0 Å². The van der Waals surface area contributed by atoms with Gasteiger partial charge in [-0.1, -0.05) is 42.5 Å². The number of ether oxygens (including phenoxy) is 2. The van der Waals surface area contributed by atoms with Crippen LogP contribution in [-0.2, 0) is 22.4 Å². The van der Waals surface area contributed by atoms with Gasteiger partial charge in [-0.3, -0.25) is 4.79 Å². The molecule has 0 unspecified atom stereocenters. The van der Waals surface area contributed by atoms with Gasteiger partial charge in [0, 0.05) is 23.5 Å². The van der Waals surface area contributed by atoms with E-state index in [1.54, 1.807) is 30.3 Å². The predicted molar refractivity (Wildman–Crippen MR) is 141 cm³/mol. The summed E-state index contributed by atoms with van der Waals surface area (Å²) in [6, 6.07) is 19.8. The summed E-state index contributed by atoms with van der Waals surface area (Å²) >= 11 is 0. The summed E-state index contributed by atoms with van der Waals surface area (Å²) in [4.78, 5) is 25.1. The van der Waals surface area contributed by atoms with Crippen molar-refractivity contribution in [3.63, 3.8) is 0 Å². The Bertz CT molecular complexity index is 1310. The molecule has 6 nitrogen and oxygen atoms in total. The van der Waals surface area contributed by atoms with Crippen LogP contribution >= 0.6 is 0 Å². The van der Waals surface area contributed by atoms with E-state index in [0.717, 1.165) is 29.5 Å². The van der Waals surface area contributed by atoms with Crippen LogP contribution in [0.1, 0.15) is 59.8 Å². The van der Waals surface area contributed by atoms with Crippen molar-refractivity contribution in [1.29, 1.82) is 0 Å². The molecule has 0 saturated carbocycles. The number of fused-ring (bicyclic) bond motifs is 3. The van der Waals surface area contributed by atoms with Gasteiger partial charge in [-0.15, -0.1) is 0 Å². The molecule has 2 aliphatic rings. The third-order valence-electron chi connectivity index (χ3n) is 7.61. The van der Waals surface area contributed by atoms with E-state index in [1.165, 1.54) is 12.1 Å². The number of nitrogens with one attached hydrogen (secondary N) is 1. The SMILES string of the molecule is CC1(C)Oc2ccc(C(=O)N[C@@H](Cc3ccccc3)C(=O)O)cc2[C@@H]2O[C@H](Cc3ccc(F)cc3)CC[C@H]21. The number of hydrogen-bond donors (Lipinski definition) is 2. The van der Waals surface area contributed by atoms with Crippen LogP contribution in [0.4, 0.5) is 4.39 Å².